The standard InChI is InChI=1S/C13H23BrN2O3S/c14-5-8-15-6-3-7-16(10-9-15)13(17)12-4-1-2-11-20(12,18)19/h12H,1-11H2. The lowest BCUT2D eigenvalue weighted by molar-refractivity contribution is -0.130. The van der Waals surface area contributed by atoms with Gasteiger partial charge in [-0.1, -0.05) is 22.4 Å². The van der Waals surface area contributed by atoms with E-state index in [0.717, 1.165) is 37.8 Å². The fourth-order valence-electron chi connectivity index (χ4n) is 2.97. The number of rotatable bonds is 3. The van der Waals surface area contributed by atoms with Gasteiger partial charge in [0.05, 0.1) is 5.75 Å². The monoisotopic (exact) mass is 366 g/mol. The van der Waals surface area contributed by atoms with Crippen molar-refractivity contribution in [2.45, 2.75) is 30.9 Å². The first kappa shape index (κ1) is 16.2. The van der Waals surface area contributed by atoms with Crippen LogP contribution in [0.2, 0.25) is 0 Å². The van der Waals surface area contributed by atoms with Gasteiger partial charge in [0.25, 0.3) is 0 Å². The fraction of sp³-hybridized carbons (Fsp3) is 0.923. The molecular weight excluding hydrogens is 344 g/mol. The number of hydrogen-bond acceptors (Lipinski definition) is 4. The molecule has 1 amide bonds. The lowest BCUT2D eigenvalue weighted by Gasteiger charge is -2.28. The summed E-state index contributed by atoms with van der Waals surface area (Å²) in [6.45, 7) is 4.13. The van der Waals surface area contributed by atoms with Crippen LogP contribution in [0.15, 0.2) is 0 Å². The van der Waals surface area contributed by atoms with Gasteiger partial charge in [-0.2, -0.15) is 0 Å². The summed E-state index contributed by atoms with van der Waals surface area (Å²) in [5.41, 5.74) is 0. The van der Waals surface area contributed by atoms with E-state index in [0.29, 0.717) is 25.9 Å². The number of sulfone groups is 1. The van der Waals surface area contributed by atoms with Crippen molar-refractivity contribution in [3.05, 3.63) is 0 Å². The van der Waals surface area contributed by atoms with Gasteiger partial charge in [-0.25, -0.2) is 8.42 Å². The van der Waals surface area contributed by atoms with Gasteiger partial charge >= 0.3 is 0 Å². The van der Waals surface area contributed by atoms with Crippen LogP contribution in [0.1, 0.15) is 25.7 Å². The van der Waals surface area contributed by atoms with E-state index in [-0.39, 0.29) is 11.7 Å². The van der Waals surface area contributed by atoms with E-state index in [2.05, 4.69) is 20.8 Å². The van der Waals surface area contributed by atoms with Gasteiger partial charge in [-0.05, 0) is 25.8 Å². The molecule has 0 aromatic heterocycles. The zero-order chi connectivity index (χ0) is 14.6. The lowest BCUT2D eigenvalue weighted by Crippen LogP contribution is -2.46. The SMILES string of the molecule is O=C(C1CCCCS1(=O)=O)N1CCCN(CCBr)CC1. The molecule has 0 N–H and O–H groups in total. The topological polar surface area (TPSA) is 57.7 Å². The first-order valence-electron chi connectivity index (χ1n) is 7.33. The maximum atomic E-state index is 12.5. The highest BCUT2D eigenvalue weighted by molar-refractivity contribution is 9.09. The van der Waals surface area contributed by atoms with Crippen LogP contribution in [0.4, 0.5) is 0 Å². The largest absolute Gasteiger partial charge is 0.340 e. The number of carbonyl (C=O) groups is 1. The molecule has 0 bridgehead atoms. The Labute approximate surface area is 129 Å². The predicted molar refractivity (Wildman–Crippen MR) is 82.9 cm³/mol. The molecule has 20 heavy (non-hydrogen) atoms. The van der Waals surface area contributed by atoms with Crippen molar-refractivity contribution in [2.75, 3.05) is 43.8 Å². The third-order valence-corrected chi connectivity index (χ3v) is 6.67. The average molecular weight is 367 g/mol. The van der Waals surface area contributed by atoms with Crippen molar-refractivity contribution in [3.8, 4) is 0 Å². The maximum Gasteiger partial charge on any atom is 0.240 e. The number of hydrogen-bond donors (Lipinski definition) is 0. The molecule has 0 spiro atoms. The molecular formula is C13H23BrN2O3S. The van der Waals surface area contributed by atoms with Crippen LogP contribution in [0, 0.1) is 0 Å². The Morgan fingerprint density at radius 2 is 1.90 bits per heavy atom. The Morgan fingerprint density at radius 3 is 2.60 bits per heavy atom. The summed E-state index contributed by atoms with van der Waals surface area (Å²) in [6, 6.07) is 0. The van der Waals surface area contributed by atoms with E-state index >= 15 is 0 Å². The average Bonchev–Trinajstić information content (AvgIpc) is 2.64. The maximum absolute atomic E-state index is 12.5. The van der Waals surface area contributed by atoms with Crippen LogP contribution in [-0.4, -0.2) is 73.2 Å². The van der Waals surface area contributed by atoms with Crippen molar-refractivity contribution < 1.29 is 13.2 Å². The normalized spacial score (nSPS) is 28.1. The second-order valence-electron chi connectivity index (χ2n) is 5.56. The van der Waals surface area contributed by atoms with E-state index < -0.39 is 15.1 Å². The van der Waals surface area contributed by atoms with E-state index in [4.69, 9.17) is 0 Å². The minimum Gasteiger partial charge on any atom is -0.340 e. The highest BCUT2D eigenvalue weighted by atomic mass is 79.9. The fourth-order valence-corrected chi connectivity index (χ4v) is 5.34. The quantitative estimate of drug-likeness (QED) is 0.695. The van der Waals surface area contributed by atoms with E-state index in [1.165, 1.54) is 0 Å². The third-order valence-electron chi connectivity index (χ3n) is 4.16. The van der Waals surface area contributed by atoms with E-state index in [1.54, 1.807) is 4.90 Å². The molecule has 2 saturated heterocycles. The third kappa shape index (κ3) is 3.95. The zero-order valence-electron chi connectivity index (χ0n) is 11.8. The molecule has 2 rings (SSSR count). The Hall–Kier alpha value is -0.140. The number of alkyl halides is 1. The van der Waals surface area contributed by atoms with Crippen LogP contribution >= 0.6 is 15.9 Å². The van der Waals surface area contributed by atoms with E-state index in [9.17, 15) is 13.2 Å². The Morgan fingerprint density at radius 1 is 1.10 bits per heavy atom. The number of amides is 1. The lowest BCUT2D eigenvalue weighted by atomic mass is 10.1. The number of carbonyl (C=O) groups excluding carboxylic acids is 1. The van der Waals surface area contributed by atoms with E-state index in [1.807, 2.05) is 0 Å². The summed E-state index contributed by atoms with van der Waals surface area (Å²) in [5.74, 6) is 0.0119. The summed E-state index contributed by atoms with van der Waals surface area (Å²) >= 11 is 3.43. The Balaban J connectivity index is 1.98. The van der Waals surface area contributed by atoms with Crippen molar-refractivity contribution in [1.82, 2.24) is 9.80 Å². The van der Waals surface area contributed by atoms with Crippen molar-refractivity contribution in [1.29, 1.82) is 0 Å². The molecule has 1 atom stereocenters. The molecule has 116 valence electrons. The van der Waals surface area contributed by atoms with Crippen LogP contribution < -0.4 is 0 Å². The summed E-state index contributed by atoms with van der Waals surface area (Å²) in [7, 11) is -3.22. The smallest absolute Gasteiger partial charge is 0.240 e. The van der Waals surface area contributed by atoms with Gasteiger partial charge in [0.2, 0.25) is 5.91 Å². The predicted octanol–water partition coefficient (Wildman–Crippen LogP) is 0.883. The molecule has 7 heteroatoms. The van der Waals surface area contributed by atoms with Crippen LogP contribution in [0.3, 0.4) is 0 Å². The summed E-state index contributed by atoms with van der Waals surface area (Å²) in [5, 5.41) is 0.150. The van der Waals surface area contributed by atoms with Crippen LogP contribution in [0.25, 0.3) is 0 Å². The summed E-state index contributed by atoms with van der Waals surface area (Å²) < 4.78 is 24.1. The van der Waals surface area contributed by atoms with Crippen molar-refractivity contribution in [2.24, 2.45) is 0 Å². The number of halogens is 1. The molecule has 5 nitrogen and oxygen atoms in total. The minimum absolute atomic E-state index is 0.162. The van der Waals surface area contributed by atoms with Crippen LogP contribution in [0.5, 0.6) is 0 Å². The molecule has 0 aromatic rings. The van der Waals surface area contributed by atoms with Gasteiger partial charge in [0.15, 0.2) is 9.84 Å². The second kappa shape index (κ2) is 7.22. The van der Waals surface area contributed by atoms with Crippen molar-refractivity contribution in [3.63, 3.8) is 0 Å². The first-order chi connectivity index (χ1) is 9.54. The van der Waals surface area contributed by atoms with Gasteiger partial charge in [-0.15, -0.1) is 0 Å². The summed E-state index contributed by atoms with van der Waals surface area (Å²) in [4.78, 5) is 16.6. The molecule has 0 saturated carbocycles. The van der Waals surface area contributed by atoms with Gasteiger partial charge in [-0.3, -0.25) is 4.79 Å². The molecule has 1 unspecified atom stereocenters. The molecule has 2 fully saturated rings. The Kier molecular flexibility index (Phi) is 5.86. The van der Waals surface area contributed by atoms with Gasteiger partial charge in [0, 0.05) is 31.5 Å². The highest BCUT2D eigenvalue weighted by Gasteiger charge is 2.37. The van der Waals surface area contributed by atoms with Crippen LogP contribution in [-0.2, 0) is 14.6 Å². The molecule has 0 aliphatic carbocycles. The molecule has 2 aliphatic rings. The Bertz CT molecular complexity index is 441. The second-order valence-corrected chi connectivity index (χ2v) is 8.66. The molecule has 0 aromatic carbocycles. The number of nitrogens with zero attached hydrogens (tertiary/aromatic N) is 2. The zero-order valence-corrected chi connectivity index (χ0v) is 14.2. The summed E-state index contributed by atoms with van der Waals surface area (Å²) in [6.07, 6.45) is 2.97. The molecule has 0 radical (unpaired) electrons. The molecule has 2 aliphatic heterocycles. The van der Waals surface area contributed by atoms with Gasteiger partial charge in [0.1, 0.15) is 5.25 Å². The first-order valence-corrected chi connectivity index (χ1v) is 10.2. The highest BCUT2D eigenvalue weighted by Crippen LogP contribution is 2.22. The van der Waals surface area contributed by atoms with Gasteiger partial charge < -0.3 is 9.80 Å². The molecule has 2 heterocycles. The minimum atomic E-state index is -3.22. The van der Waals surface area contributed by atoms with Crippen molar-refractivity contribution >= 4 is 31.7 Å².